The molecule has 1 saturated carbocycles. The maximum absolute atomic E-state index is 13.1. The molecule has 3 atom stereocenters. The second-order valence-electron chi connectivity index (χ2n) is 7.32. The van der Waals surface area contributed by atoms with E-state index in [9.17, 15) is 4.79 Å². The molecule has 2 aliphatic carbocycles. The monoisotopic (exact) mass is 338 g/mol. The van der Waals surface area contributed by atoms with Crippen LogP contribution in [0.3, 0.4) is 0 Å². The Morgan fingerprint density at radius 2 is 2.26 bits per heavy atom. The predicted molar refractivity (Wildman–Crippen MR) is 91.5 cm³/mol. The van der Waals surface area contributed by atoms with Crippen molar-refractivity contribution in [2.75, 3.05) is 13.1 Å². The zero-order valence-corrected chi connectivity index (χ0v) is 14.6. The Balaban J connectivity index is 0.00000156. The van der Waals surface area contributed by atoms with Crippen LogP contribution in [-0.4, -0.2) is 28.8 Å². The average Bonchev–Trinajstić information content (AvgIpc) is 3.13. The number of carbonyl (C=O) groups excluding carboxylic acids is 1. The van der Waals surface area contributed by atoms with Gasteiger partial charge < -0.3 is 10.6 Å². The van der Waals surface area contributed by atoms with Crippen LogP contribution >= 0.6 is 12.4 Å². The zero-order chi connectivity index (χ0) is 15.2. The van der Waals surface area contributed by atoms with Crippen molar-refractivity contribution in [3.8, 4) is 0 Å². The zero-order valence-electron chi connectivity index (χ0n) is 13.8. The Kier molecular flexibility index (Phi) is 4.70. The van der Waals surface area contributed by atoms with Crippen LogP contribution < -0.4 is 10.6 Å². The van der Waals surface area contributed by atoms with Crippen molar-refractivity contribution in [1.82, 2.24) is 20.4 Å². The number of amides is 1. The number of carbonyl (C=O) groups is 1. The number of nitrogens with one attached hydrogen (secondary N) is 2. The molecule has 0 aromatic carbocycles. The van der Waals surface area contributed by atoms with Gasteiger partial charge in [-0.1, -0.05) is 12.8 Å². The highest BCUT2D eigenvalue weighted by Crippen LogP contribution is 2.44. The molecular weight excluding hydrogens is 312 g/mol. The summed E-state index contributed by atoms with van der Waals surface area (Å²) in [5.74, 6) is 0.808. The first-order valence-corrected chi connectivity index (χ1v) is 8.73. The van der Waals surface area contributed by atoms with Crippen LogP contribution in [0.25, 0.3) is 0 Å². The standard InChI is InChI=1S/C17H26N4O.ClH/c1-21-15-7-4-6-14(13(15)10-19-21)20-16(22)17-8-3-2-5-12(17)9-18-11-17;/h10,12,14,18H,2-9,11H2,1H3,(H,20,22);1H/t12-,14?,17+;/m0./s1. The summed E-state index contributed by atoms with van der Waals surface area (Å²) in [5, 5.41) is 11.2. The van der Waals surface area contributed by atoms with Crippen LogP contribution in [0.2, 0.25) is 0 Å². The molecule has 4 rings (SSSR count). The summed E-state index contributed by atoms with van der Waals surface area (Å²) in [4.78, 5) is 13.1. The quantitative estimate of drug-likeness (QED) is 0.868. The van der Waals surface area contributed by atoms with E-state index in [4.69, 9.17) is 0 Å². The lowest BCUT2D eigenvalue weighted by atomic mass is 9.67. The van der Waals surface area contributed by atoms with Gasteiger partial charge in [0, 0.05) is 24.8 Å². The molecule has 2 N–H and O–H groups in total. The fraction of sp³-hybridized carbons (Fsp3) is 0.765. The van der Waals surface area contributed by atoms with E-state index in [-0.39, 0.29) is 29.8 Å². The Labute approximate surface area is 144 Å². The van der Waals surface area contributed by atoms with Crippen molar-refractivity contribution in [2.45, 2.75) is 51.0 Å². The summed E-state index contributed by atoms with van der Waals surface area (Å²) in [5.41, 5.74) is 2.37. The van der Waals surface area contributed by atoms with Gasteiger partial charge in [-0.25, -0.2) is 0 Å². The third-order valence-electron chi connectivity index (χ3n) is 6.17. The third-order valence-corrected chi connectivity index (χ3v) is 6.17. The molecule has 5 nitrogen and oxygen atoms in total. The fourth-order valence-corrected chi connectivity index (χ4v) is 4.85. The highest BCUT2D eigenvalue weighted by Gasteiger charge is 2.50. The molecule has 1 aliphatic heterocycles. The molecule has 1 aromatic rings. The molecule has 1 unspecified atom stereocenters. The molecule has 128 valence electrons. The van der Waals surface area contributed by atoms with Crippen LogP contribution in [0.1, 0.15) is 55.8 Å². The van der Waals surface area contributed by atoms with Gasteiger partial charge in [-0.2, -0.15) is 5.10 Å². The number of hydrogen-bond donors (Lipinski definition) is 2. The van der Waals surface area contributed by atoms with Gasteiger partial charge in [-0.05, 0) is 44.6 Å². The Morgan fingerprint density at radius 1 is 1.39 bits per heavy atom. The van der Waals surface area contributed by atoms with Crippen LogP contribution in [0.15, 0.2) is 6.20 Å². The summed E-state index contributed by atoms with van der Waals surface area (Å²) in [6, 6.07) is 0.155. The molecule has 1 aromatic heterocycles. The highest BCUT2D eigenvalue weighted by atomic mass is 35.5. The number of aryl methyl sites for hydroxylation is 1. The molecule has 2 fully saturated rings. The molecule has 0 radical (unpaired) electrons. The molecule has 3 aliphatic rings. The lowest BCUT2D eigenvalue weighted by molar-refractivity contribution is -0.135. The van der Waals surface area contributed by atoms with Crippen LogP contribution in [0, 0.1) is 11.3 Å². The molecule has 2 heterocycles. The fourth-order valence-electron chi connectivity index (χ4n) is 4.85. The topological polar surface area (TPSA) is 59.0 Å². The van der Waals surface area contributed by atoms with E-state index in [0.29, 0.717) is 5.92 Å². The number of fused-ring (bicyclic) bond motifs is 2. The summed E-state index contributed by atoms with van der Waals surface area (Å²) in [6.07, 6.45) is 9.90. The van der Waals surface area contributed by atoms with Gasteiger partial charge >= 0.3 is 0 Å². The van der Waals surface area contributed by atoms with E-state index in [1.54, 1.807) is 0 Å². The second kappa shape index (κ2) is 6.44. The SMILES string of the molecule is Cl.Cn1ncc2c1CCCC2NC(=O)[C@@]12CCCC[C@H]1CNC2. The average molecular weight is 339 g/mol. The van der Waals surface area contributed by atoms with E-state index >= 15 is 0 Å². The van der Waals surface area contributed by atoms with Crippen molar-refractivity contribution in [3.05, 3.63) is 17.5 Å². The first kappa shape index (κ1) is 16.8. The lowest BCUT2D eigenvalue weighted by Gasteiger charge is -2.38. The smallest absolute Gasteiger partial charge is 0.228 e. The van der Waals surface area contributed by atoms with Crippen LogP contribution in [0.4, 0.5) is 0 Å². The molecule has 0 bridgehead atoms. The summed E-state index contributed by atoms with van der Waals surface area (Å²) in [7, 11) is 2.00. The van der Waals surface area contributed by atoms with E-state index in [1.807, 2.05) is 17.9 Å². The Bertz CT molecular complexity index is 587. The number of hydrogen-bond acceptors (Lipinski definition) is 3. The van der Waals surface area contributed by atoms with Crippen LogP contribution in [-0.2, 0) is 18.3 Å². The predicted octanol–water partition coefficient (Wildman–Crippen LogP) is 2.12. The van der Waals surface area contributed by atoms with Crippen molar-refractivity contribution in [2.24, 2.45) is 18.4 Å². The lowest BCUT2D eigenvalue weighted by Crippen LogP contribution is -2.49. The maximum atomic E-state index is 13.1. The summed E-state index contributed by atoms with van der Waals surface area (Å²) >= 11 is 0. The normalized spacial score (nSPS) is 32.6. The van der Waals surface area contributed by atoms with Gasteiger partial charge in [-0.15, -0.1) is 12.4 Å². The highest BCUT2D eigenvalue weighted by molar-refractivity contribution is 5.85. The molecule has 23 heavy (non-hydrogen) atoms. The number of nitrogens with zero attached hydrogens (tertiary/aromatic N) is 2. The molecule has 1 amide bonds. The van der Waals surface area contributed by atoms with E-state index in [2.05, 4.69) is 15.7 Å². The van der Waals surface area contributed by atoms with Gasteiger partial charge in [0.15, 0.2) is 0 Å². The van der Waals surface area contributed by atoms with E-state index in [0.717, 1.165) is 38.8 Å². The minimum atomic E-state index is -0.155. The molecule has 0 spiro atoms. The maximum Gasteiger partial charge on any atom is 0.228 e. The van der Waals surface area contributed by atoms with Gasteiger partial charge in [-0.3, -0.25) is 9.48 Å². The van der Waals surface area contributed by atoms with Crippen molar-refractivity contribution in [3.63, 3.8) is 0 Å². The molecular formula is C17H27ClN4O. The summed E-state index contributed by atoms with van der Waals surface area (Å²) < 4.78 is 1.96. The van der Waals surface area contributed by atoms with Crippen LogP contribution in [0.5, 0.6) is 0 Å². The van der Waals surface area contributed by atoms with Gasteiger partial charge in [0.05, 0.1) is 17.7 Å². The Hall–Kier alpha value is -1.07. The molecule has 1 saturated heterocycles. The van der Waals surface area contributed by atoms with E-state index < -0.39 is 0 Å². The molecule has 6 heteroatoms. The summed E-state index contributed by atoms with van der Waals surface area (Å²) in [6.45, 7) is 1.87. The van der Waals surface area contributed by atoms with Crippen molar-refractivity contribution < 1.29 is 4.79 Å². The first-order chi connectivity index (χ1) is 10.7. The van der Waals surface area contributed by atoms with E-state index in [1.165, 1.54) is 30.5 Å². The van der Waals surface area contributed by atoms with Gasteiger partial charge in [0.1, 0.15) is 0 Å². The van der Waals surface area contributed by atoms with Crippen molar-refractivity contribution >= 4 is 18.3 Å². The van der Waals surface area contributed by atoms with Crippen molar-refractivity contribution in [1.29, 1.82) is 0 Å². The van der Waals surface area contributed by atoms with Gasteiger partial charge in [0.2, 0.25) is 5.91 Å². The first-order valence-electron chi connectivity index (χ1n) is 8.73. The third kappa shape index (κ3) is 2.68. The number of aromatic nitrogens is 2. The number of halogens is 1. The number of rotatable bonds is 2. The largest absolute Gasteiger partial charge is 0.349 e. The Morgan fingerprint density at radius 3 is 3.13 bits per heavy atom. The van der Waals surface area contributed by atoms with Gasteiger partial charge in [0.25, 0.3) is 0 Å². The minimum absolute atomic E-state index is 0. The minimum Gasteiger partial charge on any atom is -0.349 e. The second-order valence-corrected chi connectivity index (χ2v) is 7.32.